The Labute approximate surface area is 143 Å². The van der Waals surface area contributed by atoms with E-state index in [0.717, 1.165) is 32.0 Å². The number of rotatable bonds is 7. The van der Waals surface area contributed by atoms with Crippen LogP contribution in [0.15, 0.2) is 17.0 Å². The summed E-state index contributed by atoms with van der Waals surface area (Å²) in [7, 11) is -1.13. The summed E-state index contributed by atoms with van der Waals surface area (Å²) >= 11 is 0. The van der Waals surface area contributed by atoms with Gasteiger partial charge < -0.3 is 14.8 Å². The summed E-state index contributed by atoms with van der Waals surface area (Å²) in [6, 6.07) is 2.23. The monoisotopic (exact) mass is 360 g/mol. The second-order valence-electron chi connectivity index (χ2n) is 5.79. The topological polar surface area (TPSA) is 67.9 Å². The molecular formula is C16H25FN2O4S. The number of nitrogens with zero attached hydrogens (tertiary/aromatic N) is 1. The predicted octanol–water partition coefficient (Wildman–Crippen LogP) is 1.85. The van der Waals surface area contributed by atoms with Gasteiger partial charge in [-0.1, -0.05) is 6.92 Å². The molecule has 0 atom stereocenters. The largest absolute Gasteiger partial charge is 0.493 e. The van der Waals surface area contributed by atoms with E-state index in [1.54, 1.807) is 0 Å². The Morgan fingerprint density at radius 2 is 1.79 bits per heavy atom. The highest BCUT2D eigenvalue weighted by atomic mass is 32.2. The Morgan fingerprint density at radius 1 is 1.21 bits per heavy atom. The van der Waals surface area contributed by atoms with Crippen LogP contribution in [0.25, 0.3) is 0 Å². The molecule has 2 rings (SSSR count). The number of nitrogens with one attached hydrogen (secondary N) is 1. The molecule has 8 heteroatoms. The van der Waals surface area contributed by atoms with Crippen molar-refractivity contribution in [3.05, 3.63) is 17.9 Å². The van der Waals surface area contributed by atoms with E-state index in [1.807, 2.05) is 6.92 Å². The average Bonchev–Trinajstić information content (AvgIpc) is 2.59. The zero-order valence-electron chi connectivity index (χ0n) is 14.3. The number of ether oxygens (including phenoxy) is 2. The summed E-state index contributed by atoms with van der Waals surface area (Å²) in [5, 5.41) is 3.28. The van der Waals surface area contributed by atoms with Crippen molar-refractivity contribution in [3.63, 3.8) is 0 Å². The van der Waals surface area contributed by atoms with E-state index in [9.17, 15) is 12.8 Å². The smallest absolute Gasteiger partial charge is 0.246 e. The molecule has 0 amide bonds. The van der Waals surface area contributed by atoms with E-state index in [2.05, 4.69) is 5.32 Å². The number of hydrogen-bond acceptors (Lipinski definition) is 5. The van der Waals surface area contributed by atoms with Crippen LogP contribution >= 0.6 is 0 Å². The molecule has 1 saturated heterocycles. The van der Waals surface area contributed by atoms with Crippen molar-refractivity contribution in [2.24, 2.45) is 5.92 Å². The minimum atomic E-state index is -3.89. The summed E-state index contributed by atoms with van der Waals surface area (Å²) in [6.45, 7) is 4.61. The Kier molecular flexibility index (Phi) is 6.42. The second-order valence-corrected chi connectivity index (χ2v) is 7.70. The van der Waals surface area contributed by atoms with Crippen LogP contribution in [0.1, 0.15) is 19.8 Å². The minimum absolute atomic E-state index is 0.165. The van der Waals surface area contributed by atoms with Crippen LogP contribution in [0.2, 0.25) is 0 Å². The number of benzene rings is 1. The summed E-state index contributed by atoms with van der Waals surface area (Å²) < 4.78 is 51.3. The first-order valence-corrected chi connectivity index (χ1v) is 9.50. The highest BCUT2D eigenvalue weighted by Crippen LogP contribution is 2.34. The molecule has 0 aliphatic carbocycles. The standard InChI is InChI=1S/C16H25FN2O4S/c1-4-18-11-12-5-7-19(8-6-12)24(20,21)16-10-15(23-3)14(22-2)9-13(16)17/h9-10,12,18H,4-8,11H2,1-3H3. The lowest BCUT2D eigenvalue weighted by Gasteiger charge is -2.31. The third kappa shape index (κ3) is 3.99. The summed E-state index contributed by atoms with van der Waals surface area (Å²) in [5.41, 5.74) is 0. The molecule has 1 aromatic carbocycles. The summed E-state index contributed by atoms with van der Waals surface area (Å²) in [4.78, 5) is -0.370. The van der Waals surface area contributed by atoms with Crippen molar-refractivity contribution in [1.82, 2.24) is 9.62 Å². The average molecular weight is 360 g/mol. The van der Waals surface area contributed by atoms with Crippen molar-refractivity contribution >= 4 is 10.0 Å². The molecule has 1 aromatic rings. The molecule has 1 fully saturated rings. The Hall–Kier alpha value is -1.38. The van der Waals surface area contributed by atoms with E-state index in [1.165, 1.54) is 24.6 Å². The third-order valence-corrected chi connectivity index (χ3v) is 6.23. The summed E-state index contributed by atoms with van der Waals surface area (Å²) in [5.74, 6) is -0.0214. The Balaban J connectivity index is 2.19. The lowest BCUT2D eigenvalue weighted by Crippen LogP contribution is -2.41. The number of sulfonamides is 1. The quantitative estimate of drug-likeness (QED) is 0.804. The van der Waals surface area contributed by atoms with Gasteiger partial charge in [-0.2, -0.15) is 4.31 Å². The molecule has 1 aliphatic heterocycles. The van der Waals surface area contributed by atoms with Gasteiger partial charge in [-0.05, 0) is 31.8 Å². The molecular weight excluding hydrogens is 335 g/mol. The number of hydrogen-bond donors (Lipinski definition) is 1. The van der Waals surface area contributed by atoms with Gasteiger partial charge in [0.2, 0.25) is 10.0 Å². The molecule has 0 spiro atoms. The molecule has 0 aromatic heterocycles. The molecule has 24 heavy (non-hydrogen) atoms. The Bertz CT molecular complexity index is 658. The van der Waals surface area contributed by atoms with Crippen LogP contribution in [0.3, 0.4) is 0 Å². The maximum Gasteiger partial charge on any atom is 0.246 e. The molecule has 1 heterocycles. The SMILES string of the molecule is CCNCC1CCN(S(=O)(=O)c2cc(OC)c(OC)cc2F)CC1. The van der Waals surface area contributed by atoms with E-state index in [-0.39, 0.29) is 16.4 Å². The van der Waals surface area contributed by atoms with Crippen molar-refractivity contribution < 1.29 is 22.3 Å². The van der Waals surface area contributed by atoms with E-state index in [4.69, 9.17) is 9.47 Å². The first-order chi connectivity index (χ1) is 11.4. The molecule has 0 saturated carbocycles. The van der Waals surface area contributed by atoms with E-state index < -0.39 is 15.8 Å². The van der Waals surface area contributed by atoms with Gasteiger partial charge in [-0.3, -0.25) is 0 Å². The van der Waals surface area contributed by atoms with Gasteiger partial charge >= 0.3 is 0 Å². The zero-order chi connectivity index (χ0) is 17.7. The summed E-state index contributed by atoms with van der Waals surface area (Å²) in [6.07, 6.45) is 1.53. The zero-order valence-corrected chi connectivity index (χ0v) is 15.2. The van der Waals surface area contributed by atoms with Crippen molar-refractivity contribution in [3.8, 4) is 11.5 Å². The van der Waals surface area contributed by atoms with Crippen molar-refractivity contribution in [2.75, 3.05) is 40.4 Å². The highest BCUT2D eigenvalue weighted by Gasteiger charge is 2.32. The van der Waals surface area contributed by atoms with Gasteiger partial charge in [-0.25, -0.2) is 12.8 Å². The van der Waals surface area contributed by atoms with Gasteiger partial charge in [0, 0.05) is 25.2 Å². The predicted molar refractivity (Wildman–Crippen MR) is 89.5 cm³/mol. The maximum atomic E-state index is 14.3. The molecule has 0 unspecified atom stereocenters. The molecule has 0 bridgehead atoms. The minimum Gasteiger partial charge on any atom is -0.493 e. The fraction of sp³-hybridized carbons (Fsp3) is 0.625. The third-order valence-electron chi connectivity index (χ3n) is 4.31. The molecule has 1 aliphatic rings. The van der Waals surface area contributed by atoms with Crippen molar-refractivity contribution in [2.45, 2.75) is 24.7 Å². The normalized spacial score (nSPS) is 17.0. The van der Waals surface area contributed by atoms with Crippen LogP contribution in [0, 0.1) is 11.7 Å². The lowest BCUT2D eigenvalue weighted by molar-refractivity contribution is 0.267. The van der Waals surface area contributed by atoms with Gasteiger partial charge in [0.15, 0.2) is 11.5 Å². The molecule has 0 radical (unpaired) electrons. The highest BCUT2D eigenvalue weighted by molar-refractivity contribution is 7.89. The van der Waals surface area contributed by atoms with Crippen LogP contribution < -0.4 is 14.8 Å². The first-order valence-electron chi connectivity index (χ1n) is 8.06. The number of halogens is 1. The maximum absolute atomic E-state index is 14.3. The molecule has 1 N–H and O–H groups in total. The van der Waals surface area contributed by atoms with Gasteiger partial charge in [-0.15, -0.1) is 0 Å². The molecule has 6 nitrogen and oxygen atoms in total. The van der Waals surface area contributed by atoms with Crippen LogP contribution in [0.5, 0.6) is 11.5 Å². The van der Waals surface area contributed by atoms with Gasteiger partial charge in [0.1, 0.15) is 10.7 Å². The van der Waals surface area contributed by atoms with Gasteiger partial charge in [0.05, 0.1) is 14.2 Å². The van der Waals surface area contributed by atoms with Gasteiger partial charge in [0.25, 0.3) is 0 Å². The lowest BCUT2D eigenvalue weighted by atomic mass is 9.98. The van der Waals surface area contributed by atoms with Crippen LogP contribution in [0.4, 0.5) is 4.39 Å². The first kappa shape index (κ1) is 19.0. The van der Waals surface area contributed by atoms with Crippen LogP contribution in [-0.4, -0.2) is 53.1 Å². The number of methoxy groups -OCH3 is 2. The second kappa shape index (κ2) is 8.13. The van der Waals surface area contributed by atoms with E-state index >= 15 is 0 Å². The van der Waals surface area contributed by atoms with Crippen LogP contribution in [-0.2, 0) is 10.0 Å². The van der Waals surface area contributed by atoms with Crippen molar-refractivity contribution in [1.29, 1.82) is 0 Å². The molecule has 136 valence electrons. The Morgan fingerprint density at radius 3 is 2.33 bits per heavy atom. The van der Waals surface area contributed by atoms with E-state index in [0.29, 0.717) is 19.0 Å². The fourth-order valence-corrected chi connectivity index (χ4v) is 4.41. The number of piperidine rings is 1. The fourth-order valence-electron chi connectivity index (χ4n) is 2.87.